The molecule has 3 aromatic rings. The lowest BCUT2D eigenvalue weighted by atomic mass is 9.93. The first kappa shape index (κ1) is 12.1. The Morgan fingerprint density at radius 3 is 1.84 bits per heavy atom. The van der Waals surface area contributed by atoms with Gasteiger partial charge in [-0.1, -0.05) is 46.3 Å². The summed E-state index contributed by atoms with van der Waals surface area (Å²) in [5.41, 5.74) is 1.25. The van der Waals surface area contributed by atoms with Crippen molar-refractivity contribution < 1.29 is 9.59 Å². The van der Waals surface area contributed by atoms with Crippen molar-refractivity contribution in [3.05, 3.63) is 58.1 Å². The molecule has 2 nitrogen and oxygen atoms in total. The maximum atomic E-state index is 11.4. The molecule has 0 atom stereocenters. The summed E-state index contributed by atoms with van der Waals surface area (Å²) in [6, 6.07) is 13.1. The first-order valence-corrected chi connectivity index (χ1v) is 6.60. The van der Waals surface area contributed by atoms with Crippen LogP contribution in [0, 0.1) is 0 Å². The molecule has 0 saturated carbocycles. The topological polar surface area (TPSA) is 34.1 Å². The van der Waals surface area contributed by atoms with Crippen molar-refractivity contribution in [1.82, 2.24) is 0 Å². The first-order valence-electron chi connectivity index (χ1n) is 5.80. The summed E-state index contributed by atoms with van der Waals surface area (Å²) in [6.07, 6.45) is 1.71. The lowest BCUT2D eigenvalue weighted by molar-refractivity contribution is 0.111. The predicted molar refractivity (Wildman–Crippen MR) is 79.9 cm³/mol. The van der Waals surface area contributed by atoms with E-state index in [1.807, 2.05) is 42.5 Å². The molecule has 3 heteroatoms. The van der Waals surface area contributed by atoms with Crippen LogP contribution in [0.15, 0.2) is 46.9 Å². The second-order valence-electron chi connectivity index (χ2n) is 4.30. The predicted octanol–water partition coefficient (Wildman–Crippen LogP) is 4.38. The molecule has 0 heterocycles. The number of aldehydes is 2. The van der Waals surface area contributed by atoms with Crippen LogP contribution in [0.5, 0.6) is 0 Å². The summed E-state index contributed by atoms with van der Waals surface area (Å²) in [7, 11) is 0. The van der Waals surface area contributed by atoms with Gasteiger partial charge >= 0.3 is 0 Å². The molecule has 0 saturated heterocycles. The van der Waals surface area contributed by atoms with Gasteiger partial charge in [-0.3, -0.25) is 9.59 Å². The Bertz CT molecular complexity index is 822. The van der Waals surface area contributed by atoms with E-state index in [0.29, 0.717) is 11.1 Å². The summed E-state index contributed by atoms with van der Waals surface area (Å²) >= 11 is 3.40. The molecule has 0 bridgehead atoms. The molecule has 0 radical (unpaired) electrons. The quantitative estimate of drug-likeness (QED) is 0.520. The Hall–Kier alpha value is -2.00. The molecule has 0 aliphatic rings. The zero-order valence-corrected chi connectivity index (χ0v) is 11.5. The minimum absolute atomic E-state index is 0.623. The van der Waals surface area contributed by atoms with Gasteiger partial charge in [0.05, 0.1) is 0 Å². The van der Waals surface area contributed by atoms with E-state index in [1.54, 1.807) is 0 Å². The molecule has 0 spiro atoms. The number of carbonyl (C=O) groups is 2. The normalized spacial score (nSPS) is 10.8. The van der Waals surface area contributed by atoms with Gasteiger partial charge in [-0.15, -0.1) is 0 Å². The highest BCUT2D eigenvalue weighted by Gasteiger charge is 2.12. The summed E-state index contributed by atoms with van der Waals surface area (Å²) < 4.78 is 0.884. The van der Waals surface area contributed by atoms with E-state index < -0.39 is 0 Å². The minimum atomic E-state index is 0.623. The van der Waals surface area contributed by atoms with E-state index >= 15 is 0 Å². The number of halogens is 1. The SMILES string of the molecule is O=Cc1c2ccccc2c(C=O)c2cc(Br)ccc12. The van der Waals surface area contributed by atoms with Crippen LogP contribution in [-0.2, 0) is 0 Å². The number of benzene rings is 3. The Kier molecular flexibility index (Phi) is 2.91. The van der Waals surface area contributed by atoms with Crippen molar-refractivity contribution in [1.29, 1.82) is 0 Å². The number of rotatable bonds is 2. The maximum Gasteiger partial charge on any atom is 0.151 e. The van der Waals surface area contributed by atoms with Crippen LogP contribution in [-0.4, -0.2) is 12.6 Å². The van der Waals surface area contributed by atoms with Gasteiger partial charge in [-0.2, -0.15) is 0 Å². The third-order valence-electron chi connectivity index (χ3n) is 3.31. The zero-order chi connectivity index (χ0) is 13.4. The third-order valence-corrected chi connectivity index (χ3v) is 3.80. The summed E-state index contributed by atoms with van der Waals surface area (Å²) in [4.78, 5) is 22.9. The van der Waals surface area contributed by atoms with Crippen LogP contribution in [0.2, 0.25) is 0 Å². The highest BCUT2D eigenvalue weighted by molar-refractivity contribution is 9.10. The molecular weight excluding hydrogens is 304 g/mol. The lowest BCUT2D eigenvalue weighted by Gasteiger charge is -2.10. The van der Waals surface area contributed by atoms with Crippen LogP contribution in [0.4, 0.5) is 0 Å². The summed E-state index contributed by atoms with van der Waals surface area (Å²) in [5, 5.41) is 3.23. The Labute approximate surface area is 118 Å². The van der Waals surface area contributed by atoms with E-state index in [2.05, 4.69) is 15.9 Å². The van der Waals surface area contributed by atoms with Gasteiger partial charge in [-0.25, -0.2) is 0 Å². The van der Waals surface area contributed by atoms with E-state index in [1.165, 1.54) is 0 Å². The van der Waals surface area contributed by atoms with Gasteiger partial charge in [-0.05, 0) is 33.7 Å². The number of carbonyl (C=O) groups excluding carboxylic acids is 2. The van der Waals surface area contributed by atoms with Gasteiger partial charge in [0.1, 0.15) is 0 Å². The van der Waals surface area contributed by atoms with Crippen molar-refractivity contribution in [3.8, 4) is 0 Å². The standard InChI is InChI=1S/C16H9BrO2/c17-10-5-6-13-14(7-10)16(9-19)12-4-2-1-3-11(12)15(13)8-18/h1-9H. The van der Waals surface area contributed by atoms with Gasteiger partial charge in [0.25, 0.3) is 0 Å². The van der Waals surface area contributed by atoms with Crippen LogP contribution in [0.1, 0.15) is 20.7 Å². The maximum absolute atomic E-state index is 11.4. The van der Waals surface area contributed by atoms with Gasteiger partial charge in [0, 0.05) is 15.6 Å². The van der Waals surface area contributed by atoms with E-state index in [-0.39, 0.29) is 0 Å². The van der Waals surface area contributed by atoms with Crippen LogP contribution in [0.3, 0.4) is 0 Å². The van der Waals surface area contributed by atoms with Gasteiger partial charge < -0.3 is 0 Å². The Balaban J connectivity index is 2.68. The molecule has 0 fully saturated rings. The van der Waals surface area contributed by atoms with E-state index in [9.17, 15) is 9.59 Å². The second-order valence-corrected chi connectivity index (χ2v) is 5.21. The third kappa shape index (κ3) is 1.78. The van der Waals surface area contributed by atoms with Crippen molar-refractivity contribution in [2.24, 2.45) is 0 Å². The molecule has 0 aliphatic carbocycles. The monoisotopic (exact) mass is 312 g/mol. The fraction of sp³-hybridized carbons (Fsp3) is 0. The first-order chi connectivity index (χ1) is 9.26. The lowest BCUT2D eigenvalue weighted by Crippen LogP contribution is -1.93. The molecule has 0 N–H and O–H groups in total. The molecule has 3 rings (SSSR count). The van der Waals surface area contributed by atoms with E-state index in [4.69, 9.17) is 0 Å². The highest BCUT2D eigenvalue weighted by atomic mass is 79.9. The molecule has 3 aromatic carbocycles. The highest BCUT2D eigenvalue weighted by Crippen LogP contribution is 2.32. The molecule has 0 unspecified atom stereocenters. The molecule has 19 heavy (non-hydrogen) atoms. The zero-order valence-electron chi connectivity index (χ0n) is 9.89. The average Bonchev–Trinajstić information content (AvgIpc) is 2.44. The van der Waals surface area contributed by atoms with Crippen molar-refractivity contribution in [2.45, 2.75) is 0 Å². The van der Waals surface area contributed by atoms with E-state index in [0.717, 1.165) is 38.6 Å². The minimum Gasteiger partial charge on any atom is -0.298 e. The summed E-state index contributed by atoms with van der Waals surface area (Å²) in [6.45, 7) is 0. The fourth-order valence-corrected chi connectivity index (χ4v) is 2.83. The molecule has 0 aliphatic heterocycles. The van der Waals surface area contributed by atoms with Gasteiger partial charge in [0.2, 0.25) is 0 Å². The number of hydrogen-bond donors (Lipinski definition) is 0. The van der Waals surface area contributed by atoms with Crippen LogP contribution < -0.4 is 0 Å². The summed E-state index contributed by atoms with van der Waals surface area (Å²) in [5.74, 6) is 0. The van der Waals surface area contributed by atoms with Crippen molar-refractivity contribution >= 4 is 50.0 Å². The second kappa shape index (κ2) is 4.59. The average molecular weight is 313 g/mol. The number of hydrogen-bond acceptors (Lipinski definition) is 2. The molecule has 0 amide bonds. The fourth-order valence-electron chi connectivity index (χ4n) is 2.47. The Morgan fingerprint density at radius 2 is 1.26 bits per heavy atom. The number of fused-ring (bicyclic) bond motifs is 2. The largest absolute Gasteiger partial charge is 0.298 e. The molecule has 0 aromatic heterocycles. The van der Waals surface area contributed by atoms with Crippen molar-refractivity contribution in [2.75, 3.05) is 0 Å². The molecular formula is C16H9BrO2. The van der Waals surface area contributed by atoms with Gasteiger partial charge in [0.15, 0.2) is 12.6 Å². The Morgan fingerprint density at radius 1 is 0.737 bits per heavy atom. The van der Waals surface area contributed by atoms with Crippen LogP contribution in [0.25, 0.3) is 21.5 Å². The van der Waals surface area contributed by atoms with Crippen LogP contribution >= 0.6 is 15.9 Å². The molecule has 92 valence electrons. The smallest absolute Gasteiger partial charge is 0.151 e. The van der Waals surface area contributed by atoms with Crippen molar-refractivity contribution in [3.63, 3.8) is 0 Å².